The first-order valence-corrected chi connectivity index (χ1v) is 7.20. The van der Waals surface area contributed by atoms with Gasteiger partial charge in [-0.05, 0) is 43.2 Å². The van der Waals surface area contributed by atoms with E-state index in [1.165, 1.54) is 0 Å². The van der Waals surface area contributed by atoms with Gasteiger partial charge < -0.3 is 15.8 Å². The van der Waals surface area contributed by atoms with Crippen LogP contribution in [-0.2, 0) is 4.79 Å². The lowest BCUT2D eigenvalue weighted by atomic mass is 9.69. The number of anilines is 1. The minimum atomic E-state index is -0.654. The second-order valence-corrected chi connectivity index (χ2v) is 5.97. The first kappa shape index (κ1) is 14.7. The Morgan fingerprint density at radius 2 is 2.20 bits per heavy atom. The molecule has 0 bridgehead atoms. The van der Waals surface area contributed by atoms with Gasteiger partial charge in [0.05, 0.1) is 7.11 Å². The number of nitrogens with one attached hydrogen (secondary N) is 1. The molecule has 20 heavy (non-hydrogen) atoms. The Morgan fingerprint density at radius 1 is 1.45 bits per heavy atom. The summed E-state index contributed by atoms with van der Waals surface area (Å²) in [7, 11) is 1.63. The monoisotopic (exact) mass is 276 g/mol. The van der Waals surface area contributed by atoms with Crippen molar-refractivity contribution in [2.45, 2.75) is 38.6 Å². The van der Waals surface area contributed by atoms with Crippen LogP contribution in [0.15, 0.2) is 24.3 Å². The van der Waals surface area contributed by atoms with E-state index in [-0.39, 0.29) is 11.8 Å². The zero-order chi connectivity index (χ0) is 14.8. The highest BCUT2D eigenvalue weighted by atomic mass is 16.5. The molecular weight excluding hydrogens is 252 g/mol. The molecule has 0 aliphatic heterocycles. The van der Waals surface area contributed by atoms with E-state index in [0.717, 1.165) is 30.7 Å². The zero-order valence-electron chi connectivity index (χ0n) is 12.5. The molecule has 0 heterocycles. The van der Waals surface area contributed by atoms with E-state index >= 15 is 0 Å². The molecule has 2 rings (SSSR count). The van der Waals surface area contributed by atoms with Crippen LogP contribution < -0.4 is 15.8 Å². The van der Waals surface area contributed by atoms with Crippen molar-refractivity contribution in [2.75, 3.05) is 12.4 Å². The molecule has 0 spiro atoms. The summed E-state index contributed by atoms with van der Waals surface area (Å²) in [5.74, 6) is 1.37. The van der Waals surface area contributed by atoms with Crippen LogP contribution in [-0.4, -0.2) is 18.6 Å². The summed E-state index contributed by atoms with van der Waals surface area (Å²) in [6.07, 6.45) is 2.81. The number of amides is 1. The van der Waals surface area contributed by atoms with Gasteiger partial charge in [-0.1, -0.05) is 19.9 Å². The second kappa shape index (κ2) is 5.73. The van der Waals surface area contributed by atoms with E-state index in [1.807, 2.05) is 24.3 Å². The average molecular weight is 276 g/mol. The number of primary amides is 1. The third-order valence-corrected chi connectivity index (χ3v) is 4.51. The number of hydrogen-bond acceptors (Lipinski definition) is 3. The maximum atomic E-state index is 12.1. The Labute approximate surface area is 120 Å². The zero-order valence-corrected chi connectivity index (χ0v) is 12.5. The molecule has 0 aromatic heterocycles. The Balaban J connectivity index is 2.27. The van der Waals surface area contributed by atoms with Gasteiger partial charge in [0.2, 0.25) is 5.91 Å². The molecule has 1 amide bonds. The normalized spacial score (nSPS) is 29.8. The third-order valence-electron chi connectivity index (χ3n) is 4.51. The van der Waals surface area contributed by atoms with Crippen molar-refractivity contribution in [1.29, 1.82) is 0 Å². The number of ether oxygens (including phenoxy) is 1. The molecule has 110 valence electrons. The lowest BCUT2D eigenvalue weighted by molar-refractivity contribution is -0.125. The molecule has 3 unspecified atom stereocenters. The van der Waals surface area contributed by atoms with Crippen molar-refractivity contribution >= 4 is 11.6 Å². The van der Waals surface area contributed by atoms with Crippen LogP contribution in [0.3, 0.4) is 0 Å². The number of nitrogens with two attached hydrogens (primary N) is 1. The maximum absolute atomic E-state index is 12.1. The molecule has 1 aromatic rings. The van der Waals surface area contributed by atoms with Crippen LogP contribution in [0.2, 0.25) is 0 Å². The largest absolute Gasteiger partial charge is 0.497 e. The van der Waals surface area contributed by atoms with E-state index in [2.05, 4.69) is 19.2 Å². The lowest BCUT2D eigenvalue weighted by Gasteiger charge is -2.43. The number of hydrogen-bond donors (Lipinski definition) is 2. The fourth-order valence-corrected chi connectivity index (χ4v) is 3.21. The quantitative estimate of drug-likeness (QED) is 0.888. The highest BCUT2D eigenvalue weighted by molar-refractivity contribution is 5.88. The molecule has 3 N–H and O–H groups in total. The molecule has 0 saturated heterocycles. The maximum Gasteiger partial charge on any atom is 0.243 e. The number of rotatable bonds is 4. The van der Waals surface area contributed by atoms with Crippen molar-refractivity contribution in [3.63, 3.8) is 0 Å². The number of carbonyl (C=O) groups excluding carboxylic acids is 1. The minimum Gasteiger partial charge on any atom is -0.497 e. The van der Waals surface area contributed by atoms with Crippen LogP contribution in [0, 0.1) is 11.8 Å². The molecule has 3 atom stereocenters. The van der Waals surface area contributed by atoms with Gasteiger partial charge in [0.25, 0.3) is 0 Å². The van der Waals surface area contributed by atoms with Crippen molar-refractivity contribution < 1.29 is 9.53 Å². The van der Waals surface area contributed by atoms with E-state index in [9.17, 15) is 4.79 Å². The van der Waals surface area contributed by atoms with Crippen molar-refractivity contribution in [1.82, 2.24) is 0 Å². The van der Waals surface area contributed by atoms with E-state index < -0.39 is 5.54 Å². The molecule has 4 nitrogen and oxygen atoms in total. The summed E-state index contributed by atoms with van der Waals surface area (Å²) in [6.45, 7) is 4.33. The van der Waals surface area contributed by atoms with Gasteiger partial charge in [0, 0.05) is 11.8 Å². The smallest absolute Gasteiger partial charge is 0.243 e. The summed E-state index contributed by atoms with van der Waals surface area (Å²) >= 11 is 0. The number of carbonyl (C=O) groups is 1. The molecule has 1 fully saturated rings. The SMILES string of the molecule is COc1cccc(NC2(C(N)=O)CCC(C)CC2C)c1. The van der Waals surface area contributed by atoms with E-state index in [0.29, 0.717) is 5.92 Å². The Bertz CT molecular complexity index is 489. The molecular formula is C16H24N2O2. The molecule has 1 aliphatic rings. The van der Waals surface area contributed by atoms with Gasteiger partial charge in [0.15, 0.2) is 0 Å². The van der Waals surface area contributed by atoms with Crippen LogP contribution in [0.4, 0.5) is 5.69 Å². The first-order chi connectivity index (χ1) is 9.48. The Kier molecular flexibility index (Phi) is 4.21. The standard InChI is InChI=1S/C16H24N2O2/c1-11-7-8-16(15(17)19,12(2)9-11)18-13-5-4-6-14(10-13)20-3/h4-6,10-12,18H,7-9H2,1-3H3,(H2,17,19). The Morgan fingerprint density at radius 3 is 2.80 bits per heavy atom. The molecule has 4 heteroatoms. The van der Waals surface area contributed by atoms with E-state index in [4.69, 9.17) is 10.5 Å². The van der Waals surface area contributed by atoms with Crippen LogP contribution in [0.1, 0.15) is 33.1 Å². The third kappa shape index (κ3) is 2.74. The van der Waals surface area contributed by atoms with Crippen LogP contribution in [0.5, 0.6) is 5.75 Å². The van der Waals surface area contributed by atoms with Crippen molar-refractivity contribution in [3.05, 3.63) is 24.3 Å². The predicted molar refractivity (Wildman–Crippen MR) is 80.7 cm³/mol. The second-order valence-electron chi connectivity index (χ2n) is 5.97. The van der Waals surface area contributed by atoms with Gasteiger partial charge in [0.1, 0.15) is 11.3 Å². The molecule has 0 radical (unpaired) electrons. The van der Waals surface area contributed by atoms with Gasteiger partial charge in [-0.2, -0.15) is 0 Å². The minimum absolute atomic E-state index is 0.218. The summed E-state index contributed by atoms with van der Waals surface area (Å²) in [4.78, 5) is 12.1. The fourth-order valence-electron chi connectivity index (χ4n) is 3.21. The fraction of sp³-hybridized carbons (Fsp3) is 0.562. The number of benzene rings is 1. The van der Waals surface area contributed by atoms with Crippen molar-refractivity contribution in [3.8, 4) is 5.75 Å². The van der Waals surface area contributed by atoms with Gasteiger partial charge in [-0.15, -0.1) is 0 Å². The topological polar surface area (TPSA) is 64.3 Å². The predicted octanol–water partition coefficient (Wildman–Crippen LogP) is 2.79. The van der Waals surface area contributed by atoms with Crippen molar-refractivity contribution in [2.24, 2.45) is 17.6 Å². The highest BCUT2D eigenvalue weighted by Gasteiger charge is 2.45. The van der Waals surface area contributed by atoms with E-state index in [1.54, 1.807) is 7.11 Å². The Hall–Kier alpha value is -1.71. The molecule has 1 aromatic carbocycles. The lowest BCUT2D eigenvalue weighted by Crippen LogP contribution is -2.57. The number of methoxy groups -OCH3 is 1. The molecule has 1 aliphatic carbocycles. The summed E-state index contributed by atoms with van der Waals surface area (Å²) in [5, 5.41) is 3.38. The molecule has 1 saturated carbocycles. The highest BCUT2D eigenvalue weighted by Crippen LogP contribution is 2.39. The summed E-state index contributed by atoms with van der Waals surface area (Å²) in [6, 6.07) is 7.63. The van der Waals surface area contributed by atoms with Gasteiger partial charge in [-0.25, -0.2) is 0 Å². The summed E-state index contributed by atoms with van der Waals surface area (Å²) < 4.78 is 5.23. The summed E-state index contributed by atoms with van der Waals surface area (Å²) in [5.41, 5.74) is 5.95. The first-order valence-electron chi connectivity index (χ1n) is 7.20. The van der Waals surface area contributed by atoms with Crippen LogP contribution in [0.25, 0.3) is 0 Å². The van der Waals surface area contributed by atoms with Crippen LogP contribution >= 0.6 is 0 Å². The van der Waals surface area contributed by atoms with Gasteiger partial charge >= 0.3 is 0 Å². The average Bonchev–Trinajstić information content (AvgIpc) is 2.42. The van der Waals surface area contributed by atoms with Gasteiger partial charge in [-0.3, -0.25) is 4.79 Å².